The fraction of sp³-hybridized carbons (Fsp3) is 0.886. The van der Waals surface area contributed by atoms with Gasteiger partial charge in [-0.2, -0.15) is 0 Å². The van der Waals surface area contributed by atoms with Gasteiger partial charge in [0.25, 0.3) is 7.82 Å². The number of phosphoric acid groups is 1. The molecule has 0 saturated carbocycles. The van der Waals surface area contributed by atoms with Crippen molar-refractivity contribution < 1.29 is 42.1 Å². The number of quaternary nitrogens is 1. The van der Waals surface area contributed by atoms with Crippen molar-refractivity contribution in [3.63, 3.8) is 0 Å². The summed E-state index contributed by atoms with van der Waals surface area (Å²) in [4.78, 5) is 36.0. The Bertz CT molecular complexity index is 799. The molecule has 0 bridgehead atoms. The first-order valence-electron chi connectivity index (χ1n) is 17.9. The molecule has 2 atom stereocenters. The van der Waals surface area contributed by atoms with Gasteiger partial charge in [-0.15, -0.1) is 0 Å². The van der Waals surface area contributed by atoms with Crippen molar-refractivity contribution in [2.24, 2.45) is 0 Å². The van der Waals surface area contributed by atoms with Gasteiger partial charge >= 0.3 is 11.9 Å². The number of likely N-dealkylation sites (N-methyl/N-ethyl adjacent to an activating group) is 1. The molecule has 0 amide bonds. The van der Waals surface area contributed by atoms with Gasteiger partial charge in [0.2, 0.25) is 0 Å². The smallest absolute Gasteiger partial charge is 0.306 e. The number of unbranched alkanes of at least 4 members (excludes halogenated alkanes) is 17. The van der Waals surface area contributed by atoms with Crippen LogP contribution in [0.15, 0.2) is 12.2 Å². The molecule has 2 unspecified atom stereocenters. The number of nitrogens with zero attached hydrogens (tertiary/aromatic N) is 1. The number of allylic oxidation sites excluding steroid dienone is 2. The molecule has 0 aromatic carbocycles. The number of carbonyl (C=O) groups excluding carboxylic acids is 2. The maximum Gasteiger partial charge on any atom is 0.306 e. The highest BCUT2D eigenvalue weighted by atomic mass is 31.2. The van der Waals surface area contributed by atoms with Crippen LogP contribution in [0, 0.1) is 0 Å². The molecule has 0 fully saturated rings. The Balaban J connectivity index is 3.91. The number of esters is 2. The first-order chi connectivity index (χ1) is 21.5. The van der Waals surface area contributed by atoms with Crippen LogP contribution in [0.4, 0.5) is 0 Å². The first kappa shape index (κ1) is 43.8. The van der Waals surface area contributed by atoms with E-state index in [0.29, 0.717) is 17.4 Å². The molecule has 0 aromatic rings. The molecule has 0 radical (unpaired) electrons. The van der Waals surface area contributed by atoms with E-state index in [1.165, 1.54) is 96.3 Å². The summed E-state index contributed by atoms with van der Waals surface area (Å²) in [5.74, 6) is -0.934. The molecule has 0 aliphatic heterocycles. The average Bonchev–Trinajstić information content (AvgIpc) is 2.98. The quantitative estimate of drug-likeness (QED) is 0.0232. The lowest BCUT2D eigenvalue weighted by molar-refractivity contribution is -0.870. The van der Waals surface area contributed by atoms with Gasteiger partial charge in [-0.25, -0.2) is 0 Å². The number of hydrogen-bond donors (Lipinski definition) is 0. The zero-order valence-corrected chi connectivity index (χ0v) is 30.5. The van der Waals surface area contributed by atoms with Crippen LogP contribution >= 0.6 is 7.82 Å². The Labute approximate surface area is 276 Å². The van der Waals surface area contributed by atoms with Crippen LogP contribution in [-0.2, 0) is 32.7 Å². The fourth-order valence-electron chi connectivity index (χ4n) is 4.69. The van der Waals surface area contributed by atoms with Crippen LogP contribution in [0.5, 0.6) is 0 Å². The largest absolute Gasteiger partial charge is 0.756 e. The summed E-state index contributed by atoms with van der Waals surface area (Å²) in [5, 5.41) is 0. The number of phosphoric ester groups is 1. The third kappa shape index (κ3) is 32.5. The molecule has 0 aliphatic carbocycles. The Morgan fingerprint density at radius 2 is 1.18 bits per heavy atom. The van der Waals surface area contributed by atoms with Gasteiger partial charge in [-0.05, 0) is 32.1 Å². The lowest BCUT2D eigenvalue weighted by Gasteiger charge is -2.28. The van der Waals surface area contributed by atoms with Gasteiger partial charge in [-0.3, -0.25) is 14.2 Å². The lowest BCUT2D eigenvalue weighted by Crippen LogP contribution is -2.37. The third-order valence-corrected chi connectivity index (χ3v) is 8.55. The summed E-state index contributed by atoms with van der Waals surface area (Å²) in [6.45, 7) is 3.61. The SMILES string of the molecule is CCCCCCCCCC/C=C\CCCCCCCCCCCC(=O)OC(COC(=O)CC)COP(=O)([O-])OCC[N+](C)(C)C. The van der Waals surface area contributed by atoms with Gasteiger partial charge in [0.1, 0.15) is 19.8 Å². The predicted octanol–water partition coefficient (Wildman–Crippen LogP) is 8.44. The van der Waals surface area contributed by atoms with E-state index in [-0.39, 0.29) is 26.1 Å². The van der Waals surface area contributed by atoms with Gasteiger partial charge in [-0.1, -0.05) is 116 Å². The molecule has 0 aromatic heterocycles. The Kier molecular flexibility index (Phi) is 28.1. The average molecular weight is 662 g/mol. The Morgan fingerprint density at radius 3 is 1.67 bits per heavy atom. The highest BCUT2D eigenvalue weighted by molar-refractivity contribution is 7.45. The van der Waals surface area contributed by atoms with Gasteiger partial charge < -0.3 is 27.9 Å². The van der Waals surface area contributed by atoms with E-state index in [1.54, 1.807) is 6.92 Å². The van der Waals surface area contributed by atoms with Crippen molar-refractivity contribution in [2.75, 3.05) is 47.5 Å². The zero-order chi connectivity index (χ0) is 33.7. The standard InChI is InChI=1S/C35H68NO8P/c1-6-8-9-10-11-12-13-14-15-16-17-18-19-20-21-22-23-24-25-26-27-28-35(38)44-33(31-41-34(37)7-2)32-43-45(39,40)42-30-29-36(3,4)5/h16-17,33H,6-15,18-32H2,1-5H3/b17-16-. The van der Waals surface area contributed by atoms with E-state index in [4.69, 9.17) is 18.5 Å². The van der Waals surface area contributed by atoms with Crippen LogP contribution in [0.1, 0.15) is 149 Å². The highest BCUT2D eigenvalue weighted by Gasteiger charge is 2.21. The van der Waals surface area contributed by atoms with Crippen LogP contribution in [0.25, 0.3) is 0 Å². The molecule has 9 nitrogen and oxygen atoms in total. The van der Waals surface area contributed by atoms with Gasteiger partial charge in [0, 0.05) is 12.8 Å². The summed E-state index contributed by atoms with van der Waals surface area (Å²) >= 11 is 0. The highest BCUT2D eigenvalue weighted by Crippen LogP contribution is 2.38. The predicted molar refractivity (Wildman–Crippen MR) is 181 cm³/mol. The molecule has 0 rings (SSSR count). The zero-order valence-electron chi connectivity index (χ0n) is 29.6. The number of rotatable bonds is 32. The summed E-state index contributed by atoms with van der Waals surface area (Å²) in [5.41, 5.74) is 0. The minimum absolute atomic E-state index is 0.0311. The van der Waals surface area contributed by atoms with E-state index in [9.17, 15) is 19.0 Å². The molecule has 0 saturated heterocycles. The summed E-state index contributed by atoms with van der Waals surface area (Å²) in [6.07, 6.45) is 27.7. The lowest BCUT2D eigenvalue weighted by atomic mass is 10.1. The fourth-order valence-corrected chi connectivity index (χ4v) is 5.42. The van der Waals surface area contributed by atoms with Crippen molar-refractivity contribution in [3.8, 4) is 0 Å². The van der Waals surface area contributed by atoms with E-state index >= 15 is 0 Å². The third-order valence-electron chi connectivity index (χ3n) is 7.59. The Morgan fingerprint density at radius 1 is 0.689 bits per heavy atom. The van der Waals surface area contributed by atoms with Crippen LogP contribution in [0.2, 0.25) is 0 Å². The molecule has 45 heavy (non-hydrogen) atoms. The summed E-state index contributed by atoms with van der Waals surface area (Å²) in [6, 6.07) is 0. The molecule has 0 heterocycles. The van der Waals surface area contributed by atoms with E-state index in [0.717, 1.165) is 19.3 Å². The van der Waals surface area contributed by atoms with Crippen molar-refractivity contribution in [2.45, 2.75) is 155 Å². The molecular weight excluding hydrogens is 593 g/mol. The number of carbonyl (C=O) groups is 2. The molecule has 10 heteroatoms. The monoisotopic (exact) mass is 661 g/mol. The second-order valence-corrected chi connectivity index (χ2v) is 14.6. The first-order valence-corrected chi connectivity index (χ1v) is 19.4. The Hall–Kier alpha value is -1.25. The van der Waals surface area contributed by atoms with Crippen LogP contribution in [-0.4, -0.2) is 70.0 Å². The van der Waals surface area contributed by atoms with Crippen LogP contribution in [0.3, 0.4) is 0 Å². The van der Waals surface area contributed by atoms with Crippen molar-refractivity contribution >= 4 is 19.8 Å². The number of ether oxygens (including phenoxy) is 2. The molecule has 0 spiro atoms. The second kappa shape index (κ2) is 28.9. The minimum atomic E-state index is -4.58. The van der Waals surface area contributed by atoms with Crippen LogP contribution < -0.4 is 4.89 Å². The molecular formula is C35H68NO8P. The normalized spacial score (nSPS) is 14.0. The molecule has 0 N–H and O–H groups in total. The molecule has 0 aliphatic rings. The maximum absolute atomic E-state index is 12.4. The maximum atomic E-state index is 12.4. The van der Waals surface area contributed by atoms with E-state index in [2.05, 4.69) is 19.1 Å². The second-order valence-electron chi connectivity index (χ2n) is 13.2. The van der Waals surface area contributed by atoms with Crippen molar-refractivity contribution in [1.82, 2.24) is 0 Å². The molecule has 266 valence electrons. The van der Waals surface area contributed by atoms with Crippen molar-refractivity contribution in [3.05, 3.63) is 12.2 Å². The van der Waals surface area contributed by atoms with E-state index < -0.39 is 32.5 Å². The summed E-state index contributed by atoms with van der Waals surface area (Å²) < 4.78 is 32.9. The van der Waals surface area contributed by atoms with E-state index in [1.807, 2.05) is 21.1 Å². The summed E-state index contributed by atoms with van der Waals surface area (Å²) in [7, 11) is 1.16. The topological polar surface area (TPSA) is 111 Å². The van der Waals surface area contributed by atoms with Gasteiger partial charge in [0.15, 0.2) is 6.10 Å². The van der Waals surface area contributed by atoms with Gasteiger partial charge in [0.05, 0.1) is 27.7 Å². The minimum Gasteiger partial charge on any atom is -0.756 e. The number of hydrogen-bond acceptors (Lipinski definition) is 8. The van der Waals surface area contributed by atoms with Crippen molar-refractivity contribution in [1.29, 1.82) is 0 Å².